The summed E-state index contributed by atoms with van der Waals surface area (Å²) in [4.78, 5) is 22.5. The van der Waals surface area contributed by atoms with E-state index < -0.39 is 30.8 Å². The highest BCUT2D eigenvalue weighted by molar-refractivity contribution is 5.94. The number of amides is 2. The minimum absolute atomic E-state index is 0.0292. The van der Waals surface area contributed by atoms with E-state index in [0.29, 0.717) is 0 Å². The predicted octanol–water partition coefficient (Wildman–Crippen LogP) is -0.847. The average molecular weight is 269 g/mol. The summed E-state index contributed by atoms with van der Waals surface area (Å²) in [6, 6.07) is 8.81. The maximum Gasteiger partial charge on any atom is 0.414 e. The van der Waals surface area contributed by atoms with Crippen molar-refractivity contribution < 1.29 is 29.6 Å². The van der Waals surface area contributed by atoms with Gasteiger partial charge in [-0.15, -0.1) is 0 Å². The van der Waals surface area contributed by atoms with Crippen molar-refractivity contribution in [1.29, 1.82) is 0 Å². The van der Waals surface area contributed by atoms with Crippen molar-refractivity contribution in [2.45, 2.75) is 18.8 Å². The molecule has 19 heavy (non-hydrogen) atoms. The number of carbonyl (C=O) groups is 2. The van der Waals surface area contributed by atoms with E-state index in [-0.39, 0.29) is 6.61 Å². The first-order chi connectivity index (χ1) is 9.04. The molecule has 0 fully saturated rings. The second kappa shape index (κ2) is 7.47. The van der Waals surface area contributed by atoms with Crippen molar-refractivity contribution in [3.05, 3.63) is 35.9 Å². The highest BCUT2D eigenvalue weighted by Crippen LogP contribution is 2.00. The Bertz CT molecular complexity index is 421. The first kappa shape index (κ1) is 15.1. The summed E-state index contributed by atoms with van der Waals surface area (Å²) < 4.78 is 4.74. The van der Waals surface area contributed by atoms with Crippen LogP contribution in [0, 0.1) is 0 Å². The quantitative estimate of drug-likeness (QED) is 0.553. The van der Waals surface area contributed by atoms with Crippen molar-refractivity contribution in [3.8, 4) is 0 Å². The molecule has 1 rings (SSSR count). The minimum atomic E-state index is -1.89. The number of carbonyl (C=O) groups excluding carboxylic acids is 2. The normalized spacial score (nSPS) is 13.4. The molecule has 7 nitrogen and oxygen atoms in total. The van der Waals surface area contributed by atoms with Crippen LogP contribution in [0.1, 0.15) is 5.56 Å². The van der Waals surface area contributed by atoms with Gasteiger partial charge in [0.25, 0.3) is 5.91 Å². The number of rotatable bonds is 5. The molecule has 0 aliphatic heterocycles. The van der Waals surface area contributed by atoms with Gasteiger partial charge in [-0.05, 0) is 5.56 Å². The molecule has 0 spiro atoms. The molecule has 0 aromatic heterocycles. The second-order valence-electron chi connectivity index (χ2n) is 3.75. The number of aliphatic hydroxyl groups excluding tert-OH is 3. The Balaban J connectivity index is 2.37. The number of benzene rings is 1. The van der Waals surface area contributed by atoms with Gasteiger partial charge in [0.1, 0.15) is 12.7 Å². The van der Waals surface area contributed by atoms with Crippen LogP contribution in [0.15, 0.2) is 30.3 Å². The van der Waals surface area contributed by atoms with Gasteiger partial charge in [-0.25, -0.2) is 4.79 Å². The molecule has 0 aliphatic carbocycles. The number of aliphatic hydroxyl groups is 3. The fourth-order valence-corrected chi connectivity index (χ4v) is 1.21. The molecule has 2 atom stereocenters. The van der Waals surface area contributed by atoms with Crippen LogP contribution in [0.3, 0.4) is 0 Å². The Morgan fingerprint density at radius 3 is 2.42 bits per heavy atom. The van der Waals surface area contributed by atoms with E-state index in [1.807, 2.05) is 0 Å². The molecular weight excluding hydrogens is 254 g/mol. The first-order valence-electron chi connectivity index (χ1n) is 5.53. The lowest BCUT2D eigenvalue weighted by atomic mass is 10.2. The van der Waals surface area contributed by atoms with Gasteiger partial charge in [-0.2, -0.15) is 0 Å². The topological polar surface area (TPSA) is 116 Å². The summed E-state index contributed by atoms with van der Waals surface area (Å²) in [5.74, 6) is -1.14. The molecule has 104 valence electrons. The SMILES string of the molecule is O=C(NC(=O)[C@H](O)[C@@H](O)CO)OCc1ccccc1. The third-order valence-corrected chi connectivity index (χ3v) is 2.26. The lowest BCUT2D eigenvalue weighted by Gasteiger charge is -2.14. The molecule has 0 saturated heterocycles. The molecule has 0 saturated carbocycles. The number of imide groups is 1. The van der Waals surface area contributed by atoms with E-state index in [1.54, 1.807) is 35.6 Å². The summed E-state index contributed by atoms with van der Waals surface area (Å²) in [5, 5.41) is 28.5. The number of ether oxygens (including phenoxy) is 1. The molecule has 0 heterocycles. The molecule has 7 heteroatoms. The minimum Gasteiger partial charge on any atom is -0.444 e. The fourth-order valence-electron chi connectivity index (χ4n) is 1.21. The van der Waals surface area contributed by atoms with E-state index in [1.165, 1.54) is 0 Å². The van der Waals surface area contributed by atoms with E-state index in [9.17, 15) is 14.7 Å². The summed E-state index contributed by atoms with van der Waals surface area (Å²) in [7, 11) is 0. The van der Waals surface area contributed by atoms with Crippen LogP contribution in [-0.4, -0.2) is 46.1 Å². The molecule has 0 unspecified atom stereocenters. The molecule has 0 aliphatic rings. The van der Waals surface area contributed by atoms with Crippen LogP contribution in [-0.2, 0) is 16.1 Å². The third kappa shape index (κ3) is 5.04. The Labute approximate surface area is 109 Å². The van der Waals surface area contributed by atoms with Gasteiger partial charge < -0.3 is 20.1 Å². The van der Waals surface area contributed by atoms with Crippen molar-refractivity contribution >= 4 is 12.0 Å². The molecule has 0 radical (unpaired) electrons. The molecular formula is C12H15NO6. The lowest BCUT2D eigenvalue weighted by molar-refractivity contribution is -0.136. The third-order valence-electron chi connectivity index (χ3n) is 2.26. The van der Waals surface area contributed by atoms with Gasteiger partial charge in [-0.1, -0.05) is 30.3 Å². The monoisotopic (exact) mass is 269 g/mol. The van der Waals surface area contributed by atoms with Gasteiger partial charge in [0, 0.05) is 0 Å². The summed E-state index contributed by atoms with van der Waals surface area (Å²) in [6.07, 6.45) is -4.59. The van der Waals surface area contributed by atoms with Crippen molar-refractivity contribution in [1.82, 2.24) is 5.32 Å². The van der Waals surface area contributed by atoms with E-state index >= 15 is 0 Å². The Morgan fingerprint density at radius 1 is 1.21 bits per heavy atom. The van der Waals surface area contributed by atoms with Crippen LogP contribution in [0.25, 0.3) is 0 Å². The standard InChI is InChI=1S/C12H15NO6/c14-6-9(15)10(16)11(17)13-12(18)19-7-8-4-2-1-3-5-8/h1-5,9-10,14-16H,6-7H2,(H,13,17,18)/t9-,10+/m0/s1. The first-order valence-corrected chi connectivity index (χ1v) is 5.53. The van der Waals surface area contributed by atoms with Crippen LogP contribution >= 0.6 is 0 Å². The van der Waals surface area contributed by atoms with E-state index in [4.69, 9.17) is 14.9 Å². The highest BCUT2D eigenvalue weighted by Gasteiger charge is 2.25. The zero-order valence-electron chi connectivity index (χ0n) is 10.0. The summed E-state index contributed by atoms with van der Waals surface area (Å²) in [6.45, 7) is -0.827. The maximum atomic E-state index is 11.2. The van der Waals surface area contributed by atoms with Crippen molar-refractivity contribution in [2.24, 2.45) is 0 Å². The lowest BCUT2D eigenvalue weighted by Crippen LogP contribution is -2.45. The van der Waals surface area contributed by atoms with Gasteiger partial charge in [0.15, 0.2) is 6.10 Å². The Hall–Kier alpha value is -1.96. The van der Waals surface area contributed by atoms with Gasteiger partial charge >= 0.3 is 6.09 Å². The maximum absolute atomic E-state index is 11.2. The van der Waals surface area contributed by atoms with Gasteiger partial charge in [-0.3, -0.25) is 10.1 Å². The number of alkyl carbamates (subject to hydrolysis) is 1. The van der Waals surface area contributed by atoms with Gasteiger partial charge in [0.05, 0.1) is 6.61 Å². The zero-order chi connectivity index (χ0) is 14.3. The molecule has 2 amide bonds. The number of nitrogens with one attached hydrogen (secondary N) is 1. The van der Waals surface area contributed by atoms with Gasteiger partial charge in [0.2, 0.25) is 0 Å². The largest absolute Gasteiger partial charge is 0.444 e. The Kier molecular flexibility index (Phi) is 5.94. The molecule has 0 bridgehead atoms. The van der Waals surface area contributed by atoms with Crippen LogP contribution in [0.2, 0.25) is 0 Å². The van der Waals surface area contributed by atoms with Crippen molar-refractivity contribution in [2.75, 3.05) is 6.61 Å². The zero-order valence-corrected chi connectivity index (χ0v) is 10.0. The van der Waals surface area contributed by atoms with E-state index in [0.717, 1.165) is 5.56 Å². The van der Waals surface area contributed by atoms with Crippen LogP contribution in [0.5, 0.6) is 0 Å². The van der Waals surface area contributed by atoms with Crippen molar-refractivity contribution in [3.63, 3.8) is 0 Å². The smallest absolute Gasteiger partial charge is 0.414 e. The molecule has 4 N–H and O–H groups in total. The average Bonchev–Trinajstić information content (AvgIpc) is 2.44. The highest BCUT2D eigenvalue weighted by atomic mass is 16.5. The van der Waals surface area contributed by atoms with E-state index in [2.05, 4.69) is 0 Å². The summed E-state index contributed by atoms with van der Waals surface area (Å²) >= 11 is 0. The molecule has 1 aromatic rings. The fraction of sp³-hybridized carbons (Fsp3) is 0.333. The number of hydrogen-bond donors (Lipinski definition) is 4. The number of hydrogen-bond acceptors (Lipinski definition) is 6. The summed E-state index contributed by atoms with van der Waals surface area (Å²) in [5.41, 5.74) is 0.737. The molecule has 1 aromatic carbocycles. The Morgan fingerprint density at radius 2 is 1.84 bits per heavy atom. The second-order valence-corrected chi connectivity index (χ2v) is 3.75. The van der Waals surface area contributed by atoms with Crippen LogP contribution in [0.4, 0.5) is 4.79 Å². The predicted molar refractivity (Wildman–Crippen MR) is 63.9 cm³/mol. The van der Waals surface area contributed by atoms with Crippen LogP contribution < -0.4 is 5.32 Å².